The van der Waals surface area contributed by atoms with Crippen molar-refractivity contribution in [3.05, 3.63) is 82.5 Å². The van der Waals surface area contributed by atoms with Crippen LogP contribution in [-0.4, -0.2) is 28.2 Å². The average molecular weight is 456 g/mol. The fourth-order valence-corrected chi connectivity index (χ4v) is 2.89. The maximum Gasteiger partial charge on any atom is 0.422 e. The number of rotatable bonds is 6. The van der Waals surface area contributed by atoms with Crippen molar-refractivity contribution >= 4 is 11.6 Å². The number of nitrogens with one attached hydrogen (secondary N) is 1. The van der Waals surface area contributed by atoms with Gasteiger partial charge in [-0.05, 0) is 50.2 Å². The third-order valence-corrected chi connectivity index (χ3v) is 4.65. The van der Waals surface area contributed by atoms with Gasteiger partial charge in [0.25, 0.3) is 11.5 Å². The zero-order valence-corrected chi connectivity index (χ0v) is 17.7. The second-order valence-electron chi connectivity index (χ2n) is 7.59. The molecule has 0 aliphatic heterocycles. The number of anilines is 1. The van der Waals surface area contributed by atoms with Gasteiger partial charge in [-0.1, -0.05) is 12.1 Å². The highest BCUT2D eigenvalue weighted by Gasteiger charge is 2.29. The van der Waals surface area contributed by atoms with Crippen molar-refractivity contribution in [2.45, 2.75) is 25.4 Å². The molecule has 0 aliphatic carbocycles. The predicted molar refractivity (Wildman–Crippen MR) is 114 cm³/mol. The summed E-state index contributed by atoms with van der Waals surface area (Å²) < 4.78 is 43.6. The normalized spacial score (nSPS) is 11.5. The van der Waals surface area contributed by atoms with Gasteiger partial charge in [0.15, 0.2) is 6.61 Å². The lowest BCUT2D eigenvalue weighted by molar-refractivity contribution is -0.153. The lowest BCUT2D eigenvalue weighted by Gasteiger charge is -2.15. The van der Waals surface area contributed by atoms with Crippen LogP contribution in [0.15, 0.2) is 65.7 Å². The summed E-state index contributed by atoms with van der Waals surface area (Å²) in [6.45, 7) is 1.89. The first-order chi connectivity index (χ1) is 15.5. The molecule has 0 saturated heterocycles. The molecule has 0 saturated carbocycles. The molecule has 0 unspecified atom stereocenters. The van der Waals surface area contributed by atoms with E-state index in [4.69, 9.17) is 4.74 Å². The van der Waals surface area contributed by atoms with Crippen molar-refractivity contribution in [1.82, 2.24) is 9.55 Å². The molecule has 33 heavy (non-hydrogen) atoms. The number of benzene rings is 1. The second-order valence-corrected chi connectivity index (χ2v) is 7.59. The van der Waals surface area contributed by atoms with Crippen LogP contribution in [0.2, 0.25) is 0 Å². The van der Waals surface area contributed by atoms with Gasteiger partial charge in [-0.25, -0.2) is 0 Å². The monoisotopic (exact) mass is 456 g/mol. The number of carbonyl (C=O) groups is 1. The average Bonchev–Trinajstić information content (AvgIpc) is 2.78. The van der Waals surface area contributed by atoms with Gasteiger partial charge >= 0.3 is 6.18 Å². The Kier molecular flexibility index (Phi) is 6.53. The molecule has 1 amide bonds. The van der Waals surface area contributed by atoms with E-state index in [-0.39, 0.29) is 17.0 Å². The van der Waals surface area contributed by atoms with Gasteiger partial charge in [-0.15, -0.1) is 0 Å². The summed E-state index contributed by atoms with van der Waals surface area (Å²) in [7, 11) is 0. The summed E-state index contributed by atoms with van der Waals surface area (Å²) in [6, 6.07) is 13.7. The quantitative estimate of drug-likeness (QED) is 0.599. The van der Waals surface area contributed by atoms with Gasteiger partial charge < -0.3 is 10.1 Å². The second kappa shape index (κ2) is 9.16. The topological polar surface area (TPSA) is 97.0 Å². The Bertz CT molecular complexity index is 1260. The molecule has 0 radical (unpaired) electrons. The molecule has 3 rings (SSSR count). The van der Waals surface area contributed by atoms with E-state index in [0.717, 1.165) is 4.57 Å². The zero-order chi connectivity index (χ0) is 24.2. The molecular formula is C23H19F3N4O3. The minimum atomic E-state index is -4.55. The van der Waals surface area contributed by atoms with Crippen molar-refractivity contribution in [2.24, 2.45) is 0 Å². The van der Waals surface area contributed by atoms with Gasteiger partial charge in [-0.2, -0.15) is 18.4 Å². The van der Waals surface area contributed by atoms with E-state index in [2.05, 4.69) is 16.4 Å². The summed E-state index contributed by atoms with van der Waals surface area (Å²) in [6.07, 6.45) is -1.85. The lowest BCUT2D eigenvalue weighted by Crippen LogP contribution is -2.28. The summed E-state index contributed by atoms with van der Waals surface area (Å²) in [5, 5.41) is 11.7. The van der Waals surface area contributed by atoms with Crippen LogP contribution in [0.5, 0.6) is 5.75 Å². The van der Waals surface area contributed by atoms with Crippen LogP contribution in [0, 0.1) is 11.3 Å². The van der Waals surface area contributed by atoms with E-state index in [1.807, 2.05) is 0 Å². The Hall–Kier alpha value is -4.13. The number of amides is 1. The number of hydrogen-bond acceptors (Lipinski definition) is 5. The molecule has 7 nitrogen and oxygen atoms in total. The van der Waals surface area contributed by atoms with E-state index >= 15 is 0 Å². The fraction of sp³-hybridized carbons (Fsp3) is 0.217. The van der Waals surface area contributed by atoms with Gasteiger partial charge in [0.2, 0.25) is 0 Å². The Morgan fingerprint density at radius 3 is 2.52 bits per heavy atom. The van der Waals surface area contributed by atoms with Crippen molar-refractivity contribution in [2.75, 3.05) is 11.9 Å². The number of halogens is 3. The van der Waals surface area contributed by atoms with Crippen molar-refractivity contribution < 1.29 is 22.7 Å². The number of aromatic nitrogens is 2. The van der Waals surface area contributed by atoms with Gasteiger partial charge in [-0.3, -0.25) is 19.1 Å². The molecule has 2 heterocycles. The standard InChI is InChI=1S/C23H19F3N4O3/c1-22(2,13-27)19-10-9-15(12-28-19)29-20(31)16-6-5-11-30(21(16)32)17-7-3-4-8-18(17)33-14-23(24,25)26/h3-12H,14H2,1-2H3,(H,29,31). The predicted octanol–water partition coefficient (Wildman–Crippen LogP) is 4.23. The molecule has 3 aromatic rings. The third kappa shape index (κ3) is 5.57. The van der Waals surface area contributed by atoms with Crippen molar-refractivity contribution in [1.29, 1.82) is 5.26 Å². The number of pyridine rings is 2. The number of ether oxygens (including phenoxy) is 1. The van der Waals surface area contributed by atoms with E-state index in [9.17, 15) is 28.0 Å². The Balaban J connectivity index is 1.88. The van der Waals surface area contributed by atoms with Crippen LogP contribution in [0.1, 0.15) is 29.9 Å². The number of nitriles is 1. The first-order valence-corrected chi connectivity index (χ1v) is 9.71. The Morgan fingerprint density at radius 2 is 1.88 bits per heavy atom. The van der Waals surface area contributed by atoms with Crippen LogP contribution in [-0.2, 0) is 5.41 Å². The van der Waals surface area contributed by atoms with Gasteiger partial charge in [0.1, 0.15) is 11.3 Å². The number of para-hydroxylation sites is 2. The fourth-order valence-electron chi connectivity index (χ4n) is 2.89. The van der Waals surface area contributed by atoms with Gasteiger partial charge in [0.05, 0.1) is 34.7 Å². The molecular weight excluding hydrogens is 437 g/mol. The van der Waals surface area contributed by atoms with Crippen LogP contribution < -0.4 is 15.6 Å². The minimum Gasteiger partial charge on any atom is -0.482 e. The highest BCUT2D eigenvalue weighted by molar-refractivity contribution is 6.03. The zero-order valence-electron chi connectivity index (χ0n) is 17.7. The summed E-state index contributed by atoms with van der Waals surface area (Å²) in [5.74, 6) is -0.883. The Labute approximate surface area is 187 Å². The molecule has 0 spiro atoms. The minimum absolute atomic E-state index is 0.0613. The molecule has 0 atom stereocenters. The summed E-state index contributed by atoms with van der Waals surface area (Å²) in [4.78, 5) is 29.8. The van der Waals surface area contributed by atoms with Crippen LogP contribution in [0.3, 0.4) is 0 Å². The molecule has 2 aromatic heterocycles. The van der Waals surface area contributed by atoms with Crippen LogP contribution in [0.25, 0.3) is 5.69 Å². The highest BCUT2D eigenvalue weighted by Crippen LogP contribution is 2.25. The molecule has 170 valence electrons. The molecule has 10 heteroatoms. The van der Waals surface area contributed by atoms with E-state index in [1.165, 1.54) is 48.8 Å². The summed E-state index contributed by atoms with van der Waals surface area (Å²) >= 11 is 0. The maximum absolute atomic E-state index is 13.0. The number of alkyl halides is 3. The lowest BCUT2D eigenvalue weighted by atomic mass is 9.91. The van der Waals surface area contributed by atoms with Crippen molar-refractivity contribution in [3.63, 3.8) is 0 Å². The molecule has 1 N–H and O–H groups in total. The molecule has 0 aliphatic rings. The third-order valence-electron chi connectivity index (χ3n) is 4.65. The van der Waals surface area contributed by atoms with E-state index in [1.54, 1.807) is 26.0 Å². The van der Waals surface area contributed by atoms with Crippen LogP contribution >= 0.6 is 0 Å². The number of nitrogens with zero attached hydrogens (tertiary/aromatic N) is 3. The van der Waals surface area contributed by atoms with E-state index in [0.29, 0.717) is 11.4 Å². The molecule has 0 bridgehead atoms. The summed E-state index contributed by atoms with van der Waals surface area (Å²) in [5.41, 5.74) is -0.900. The molecule has 0 fully saturated rings. The highest BCUT2D eigenvalue weighted by atomic mass is 19.4. The number of carbonyl (C=O) groups excluding carboxylic acids is 1. The Morgan fingerprint density at radius 1 is 1.15 bits per heavy atom. The number of hydrogen-bond donors (Lipinski definition) is 1. The SMILES string of the molecule is CC(C)(C#N)c1ccc(NC(=O)c2cccn(-c3ccccc3OCC(F)(F)F)c2=O)cn1. The molecule has 1 aromatic carbocycles. The smallest absolute Gasteiger partial charge is 0.422 e. The van der Waals surface area contributed by atoms with Crippen LogP contribution in [0.4, 0.5) is 18.9 Å². The largest absolute Gasteiger partial charge is 0.482 e. The maximum atomic E-state index is 13.0. The van der Waals surface area contributed by atoms with Gasteiger partial charge in [0, 0.05) is 6.20 Å². The van der Waals surface area contributed by atoms with E-state index < -0.39 is 29.7 Å². The first-order valence-electron chi connectivity index (χ1n) is 9.71. The first kappa shape index (κ1) is 23.5. The van der Waals surface area contributed by atoms with Crippen molar-refractivity contribution in [3.8, 4) is 17.5 Å².